The Balaban J connectivity index is 2.62. The number of hydrogen-bond acceptors (Lipinski definition) is 6. The first-order valence-electron chi connectivity index (χ1n) is 7.18. The van der Waals surface area contributed by atoms with Crippen molar-refractivity contribution in [1.82, 2.24) is 9.21 Å². The molecule has 1 aromatic rings. The normalized spacial score (nSPS) is 16.4. The number of rotatable bonds is 5. The zero-order valence-corrected chi connectivity index (χ0v) is 14.1. The minimum absolute atomic E-state index is 0.0238. The number of fused-ring (bicyclic) bond motifs is 1. The maximum atomic E-state index is 12.8. The number of carbonyl (C=O) groups is 1. The van der Waals surface area contributed by atoms with Gasteiger partial charge < -0.3 is 14.7 Å². The first kappa shape index (κ1) is 17.3. The number of ether oxygens (including phenoxy) is 1. The van der Waals surface area contributed by atoms with Gasteiger partial charge in [-0.3, -0.25) is 4.31 Å². The number of aliphatic hydroxyl groups is 1. The summed E-state index contributed by atoms with van der Waals surface area (Å²) in [4.78, 5) is 14.0. The molecule has 0 unspecified atom stereocenters. The van der Waals surface area contributed by atoms with E-state index < -0.39 is 16.0 Å². The molecule has 7 nitrogen and oxygen atoms in total. The van der Waals surface area contributed by atoms with E-state index in [1.165, 1.54) is 12.1 Å². The van der Waals surface area contributed by atoms with E-state index in [-0.39, 0.29) is 35.1 Å². The lowest BCUT2D eigenvalue weighted by atomic mass is 10.1. The quantitative estimate of drug-likeness (QED) is 0.806. The molecule has 0 atom stereocenters. The van der Waals surface area contributed by atoms with E-state index in [1.54, 1.807) is 38.1 Å². The van der Waals surface area contributed by atoms with Gasteiger partial charge in [0.2, 0.25) is 0 Å². The number of nitrogens with zero attached hydrogens (tertiary/aromatic N) is 2. The Hall–Kier alpha value is -2.06. The molecule has 0 amide bonds. The van der Waals surface area contributed by atoms with Gasteiger partial charge in [0, 0.05) is 18.7 Å². The Kier molecular flexibility index (Phi) is 4.96. The van der Waals surface area contributed by atoms with Gasteiger partial charge in [-0.2, -0.15) is 0 Å². The van der Waals surface area contributed by atoms with Crippen molar-refractivity contribution in [3.63, 3.8) is 0 Å². The number of carbonyl (C=O) groups excluding carboxylic acids is 1. The van der Waals surface area contributed by atoms with Crippen molar-refractivity contribution in [2.75, 3.05) is 33.8 Å². The van der Waals surface area contributed by atoms with E-state index in [0.29, 0.717) is 6.54 Å². The van der Waals surface area contributed by atoms with Gasteiger partial charge in [0.15, 0.2) is 11.5 Å². The summed E-state index contributed by atoms with van der Waals surface area (Å²) >= 11 is 0. The summed E-state index contributed by atoms with van der Waals surface area (Å²) in [7, 11) is -0.356. The molecule has 1 heterocycles. The number of likely N-dealkylation sites (N-methyl/N-ethyl adjacent to an activating group) is 1. The van der Waals surface area contributed by atoms with E-state index >= 15 is 0 Å². The van der Waals surface area contributed by atoms with Crippen molar-refractivity contribution in [2.45, 2.75) is 11.8 Å². The van der Waals surface area contributed by atoms with Gasteiger partial charge in [0.1, 0.15) is 0 Å². The monoisotopic (exact) mass is 340 g/mol. The molecule has 1 N–H and O–H groups in total. The van der Waals surface area contributed by atoms with Gasteiger partial charge >= 0.3 is 5.97 Å². The molecular weight excluding hydrogens is 320 g/mol. The summed E-state index contributed by atoms with van der Waals surface area (Å²) in [6, 6.07) is 6.04. The van der Waals surface area contributed by atoms with Crippen LogP contribution in [0.4, 0.5) is 0 Å². The lowest BCUT2D eigenvalue weighted by Gasteiger charge is -2.31. The second-order valence-corrected chi connectivity index (χ2v) is 7.13. The molecule has 2 rings (SSSR count). The van der Waals surface area contributed by atoms with Gasteiger partial charge in [0.25, 0.3) is 10.0 Å². The smallest absolute Gasteiger partial charge is 0.359 e. The van der Waals surface area contributed by atoms with Crippen LogP contribution in [0, 0.1) is 0 Å². The fourth-order valence-electron chi connectivity index (χ4n) is 2.29. The topological polar surface area (TPSA) is 87.1 Å². The van der Waals surface area contributed by atoms with E-state index in [4.69, 9.17) is 4.74 Å². The third-order valence-corrected chi connectivity index (χ3v) is 5.26. The third-order valence-electron chi connectivity index (χ3n) is 3.40. The second-order valence-electron chi connectivity index (χ2n) is 5.29. The Labute approximate surface area is 135 Å². The molecule has 0 bridgehead atoms. The Morgan fingerprint density at radius 2 is 1.96 bits per heavy atom. The Bertz CT molecular complexity index is 740. The van der Waals surface area contributed by atoms with Crippen molar-refractivity contribution in [3.05, 3.63) is 35.5 Å². The van der Waals surface area contributed by atoms with Gasteiger partial charge in [-0.1, -0.05) is 12.1 Å². The Morgan fingerprint density at radius 1 is 1.30 bits per heavy atom. The molecule has 23 heavy (non-hydrogen) atoms. The molecule has 0 aromatic heterocycles. The summed E-state index contributed by atoms with van der Waals surface area (Å²) in [5, 5.41) is 10.4. The molecule has 1 aliphatic heterocycles. The number of aliphatic hydroxyl groups excluding tert-OH is 1. The standard InChI is InChI=1S/C15H20N2O5S/c1-4-22-15(19)13-14(18)11-7-5-6-8-12(11)23(20,21)17(13)10-9-16(2)3/h5-8,18H,4,9-10H2,1-3H3. The van der Waals surface area contributed by atoms with Crippen LogP contribution >= 0.6 is 0 Å². The Morgan fingerprint density at radius 3 is 2.57 bits per heavy atom. The summed E-state index contributed by atoms with van der Waals surface area (Å²) in [6.45, 7) is 2.11. The van der Waals surface area contributed by atoms with E-state index in [0.717, 1.165) is 4.31 Å². The minimum atomic E-state index is -3.94. The van der Waals surface area contributed by atoms with Crippen molar-refractivity contribution >= 4 is 21.8 Å². The molecule has 1 aliphatic rings. The zero-order valence-electron chi connectivity index (χ0n) is 13.3. The molecule has 0 fully saturated rings. The number of esters is 1. The second kappa shape index (κ2) is 6.59. The van der Waals surface area contributed by atoms with Crippen molar-refractivity contribution < 1.29 is 23.1 Å². The molecule has 0 spiro atoms. The zero-order chi connectivity index (χ0) is 17.2. The number of hydrogen-bond donors (Lipinski definition) is 1. The van der Waals surface area contributed by atoms with E-state index in [9.17, 15) is 18.3 Å². The molecule has 1 aromatic carbocycles. The average Bonchev–Trinajstić information content (AvgIpc) is 2.49. The SMILES string of the molecule is CCOC(=O)C1=C(O)c2ccccc2S(=O)(=O)N1CCN(C)C. The number of benzene rings is 1. The van der Waals surface area contributed by atoms with Crippen LogP contribution in [0.1, 0.15) is 12.5 Å². The molecule has 0 saturated carbocycles. The summed E-state index contributed by atoms with van der Waals surface area (Å²) < 4.78 is 31.5. The molecule has 126 valence electrons. The van der Waals surface area contributed by atoms with E-state index in [2.05, 4.69) is 0 Å². The average molecular weight is 340 g/mol. The van der Waals surface area contributed by atoms with Crippen LogP contribution in [-0.2, 0) is 19.6 Å². The van der Waals surface area contributed by atoms with Crippen LogP contribution in [0.3, 0.4) is 0 Å². The van der Waals surface area contributed by atoms with Crippen molar-refractivity contribution in [3.8, 4) is 0 Å². The summed E-state index contributed by atoms with van der Waals surface area (Å²) in [5.41, 5.74) is -0.232. The first-order chi connectivity index (χ1) is 10.8. The maximum absolute atomic E-state index is 12.8. The van der Waals surface area contributed by atoms with Crippen molar-refractivity contribution in [1.29, 1.82) is 0 Å². The van der Waals surface area contributed by atoms with Gasteiger partial charge in [-0.15, -0.1) is 0 Å². The highest BCUT2D eigenvalue weighted by Crippen LogP contribution is 2.35. The highest BCUT2D eigenvalue weighted by atomic mass is 32.2. The molecule has 8 heteroatoms. The lowest BCUT2D eigenvalue weighted by molar-refractivity contribution is -0.139. The number of sulfonamides is 1. The predicted octanol–water partition coefficient (Wildman–Crippen LogP) is 1.04. The highest BCUT2D eigenvalue weighted by molar-refractivity contribution is 7.89. The lowest BCUT2D eigenvalue weighted by Crippen LogP contribution is -2.42. The first-order valence-corrected chi connectivity index (χ1v) is 8.62. The fourth-order valence-corrected chi connectivity index (χ4v) is 3.95. The fraction of sp³-hybridized carbons (Fsp3) is 0.400. The van der Waals surface area contributed by atoms with Gasteiger partial charge in [0.05, 0.1) is 11.5 Å². The van der Waals surface area contributed by atoms with Gasteiger partial charge in [-0.25, -0.2) is 13.2 Å². The molecule has 0 aliphatic carbocycles. The third kappa shape index (κ3) is 3.18. The van der Waals surface area contributed by atoms with Crippen LogP contribution in [0.2, 0.25) is 0 Å². The molecular formula is C15H20N2O5S. The van der Waals surface area contributed by atoms with Crippen LogP contribution in [0.15, 0.2) is 34.9 Å². The van der Waals surface area contributed by atoms with Gasteiger partial charge in [-0.05, 0) is 33.2 Å². The predicted molar refractivity (Wildman–Crippen MR) is 85.1 cm³/mol. The summed E-state index contributed by atoms with van der Waals surface area (Å²) in [5.74, 6) is -1.24. The highest BCUT2D eigenvalue weighted by Gasteiger charge is 2.40. The molecule has 0 saturated heterocycles. The summed E-state index contributed by atoms with van der Waals surface area (Å²) in [6.07, 6.45) is 0. The van der Waals surface area contributed by atoms with Crippen LogP contribution in [0.5, 0.6) is 0 Å². The van der Waals surface area contributed by atoms with Crippen LogP contribution in [0.25, 0.3) is 5.76 Å². The van der Waals surface area contributed by atoms with Crippen LogP contribution in [-0.4, -0.2) is 62.5 Å². The van der Waals surface area contributed by atoms with Crippen molar-refractivity contribution in [2.24, 2.45) is 0 Å². The molecule has 0 radical (unpaired) electrons. The van der Waals surface area contributed by atoms with E-state index in [1.807, 2.05) is 0 Å². The largest absolute Gasteiger partial charge is 0.505 e. The minimum Gasteiger partial charge on any atom is -0.505 e. The maximum Gasteiger partial charge on any atom is 0.359 e. The van der Waals surface area contributed by atoms with Crippen LogP contribution < -0.4 is 0 Å².